The zero-order valence-corrected chi connectivity index (χ0v) is 10.4. The van der Waals surface area contributed by atoms with Gasteiger partial charge in [0.15, 0.2) is 0 Å². The SMILES string of the molecule is CC1Cc2ccccc2N1CC1CCCC1=O. The number of carbonyl (C=O) groups excluding carboxylic acids is 1. The Kier molecular flexibility index (Phi) is 2.65. The van der Waals surface area contributed by atoms with Gasteiger partial charge in [0.1, 0.15) is 5.78 Å². The quantitative estimate of drug-likeness (QED) is 0.777. The Morgan fingerprint density at radius 2 is 2.18 bits per heavy atom. The molecule has 1 saturated carbocycles. The number of anilines is 1. The normalized spacial score (nSPS) is 27.6. The third kappa shape index (κ3) is 1.86. The van der Waals surface area contributed by atoms with Crippen molar-refractivity contribution < 1.29 is 4.79 Å². The van der Waals surface area contributed by atoms with Crippen molar-refractivity contribution in [3.05, 3.63) is 29.8 Å². The van der Waals surface area contributed by atoms with E-state index in [0.717, 1.165) is 32.2 Å². The molecule has 1 aromatic rings. The van der Waals surface area contributed by atoms with Gasteiger partial charge >= 0.3 is 0 Å². The van der Waals surface area contributed by atoms with E-state index in [1.54, 1.807) is 0 Å². The fourth-order valence-corrected chi connectivity index (χ4v) is 3.23. The molecule has 90 valence electrons. The van der Waals surface area contributed by atoms with E-state index in [1.165, 1.54) is 11.3 Å². The second kappa shape index (κ2) is 4.17. The van der Waals surface area contributed by atoms with Crippen LogP contribution >= 0.6 is 0 Å². The summed E-state index contributed by atoms with van der Waals surface area (Å²) in [6.07, 6.45) is 4.10. The summed E-state index contributed by atoms with van der Waals surface area (Å²) < 4.78 is 0. The molecule has 0 amide bonds. The summed E-state index contributed by atoms with van der Waals surface area (Å²) in [5.41, 5.74) is 2.78. The highest BCUT2D eigenvalue weighted by Gasteiger charge is 2.31. The van der Waals surface area contributed by atoms with Crippen LogP contribution in [-0.2, 0) is 11.2 Å². The highest BCUT2D eigenvalue weighted by atomic mass is 16.1. The van der Waals surface area contributed by atoms with Crippen LogP contribution in [0.15, 0.2) is 24.3 Å². The Morgan fingerprint density at radius 1 is 1.35 bits per heavy atom. The molecule has 0 saturated heterocycles. The van der Waals surface area contributed by atoms with Gasteiger partial charge in [-0.05, 0) is 37.8 Å². The molecule has 1 aliphatic heterocycles. The fraction of sp³-hybridized carbons (Fsp3) is 0.533. The minimum Gasteiger partial charge on any atom is -0.368 e. The van der Waals surface area contributed by atoms with Gasteiger partial charge in [-0.15, -0.1) is 0 Å². The summed E-state index contributed by atoms with van der Waals surface area (Å²) in [7, 11) is 0. The first-order valence-electron chi connectivity index (χ1n) is 6.63. The van der Waals surface area contributed by atoms with Crippen LogP contribution in [0.5, 0.6) is 0 Å². The first-order valence-corrected chi connectivity index (χ1v) is 6.63. The minimum absolute atomic E-state index is 0.281. The number of benzene rings is 1. The van der Waals surface area contributed by atoms with Crippen LogP contribution in [0.1, 0.15) is 31.7 Å². The largest absolute Gasteiger partial charge is 0.368 e. The first kappa shape index (κ1) is 10.8. The van der Waals surface area contributed by atoms with Crippen molar-refractivity contribution in [2.75, 3.05) is 11.4 Å². The highest BCUT2D eigenvalue weighted by Crippen LogP contribution is 2.34. The topological polar surface area (TPSA) is 20.3 Å². The van der Waals surface area contributed by atoms with Gasteiger partial charge in [0.2, 0.25) is 0 Å². The van der Waals surface area contributed by atoms with Crippen molar-refractivity contribution in [2.45, 2.75) is 38.6 Å². The molecule has 1 heterocycles. The van der Waals surface area contributed by atoms with E-state index in [4.69, 9.17) is 0 Å². The number of nitrogens with zero attached hydrogens (tertiary/aromatic N) is 1. The number of hydrogen-bond acceptors (Lipinski definition) is 2. The number of hydrogen-bond donors (Lipinski definition) is 0. The van der Waals surface area contributed by atoms with Crippen LogP contribution in [0, 0.1) is 5.92 Å². The second-order valence-electron chi connectivity index (χ2n) is 5.39. The van der Waals surface area contributed by atoms with Gasteiger partial charge in [-0.25, -0.2) is 0 Å². The molecule has 0 bridgehead atoms. The molecule has 2 atom stereocenters. The lowest BCUT2D eigenvalue weighted by Gasteiger charge is -2.27. The fourth-order valence-electron chi connectivity index (χ4n) is 3.23. The van der Waals surface area contributed by atoms with Gasteiger partial charge in [-0.1, -0.05) is 18.2 Å². The Hall–Kier alpha value is -1.31. The standard InChI is InChI=1S/C15H19NO/c1-11-9-12-5-2-3-7-14(12)16(11)10-13-6-4-8-15(13)17/h2-3,5,7,11,13H,4,6,8-10H2,1H3. The molecule has 0 N–H and O–H groups in total. The molecule has 0 radical (unpaired) electrons. The molecule has 2 unspecified atom stereocenters. The zero-order valence-electron chi connectivity index (χ0n) is 10.4. The van der Waals surface area contributed by atoms with E-state index in [-0.39, 0.29) is 5.92 Å². The monoisotopic (exact) mass is 229 g/mol. The Bertz CT molecular complexity index is 440. The molecule has 1 fully saturated rings. The van der Waals surface area contributed by atoms with E-state index < -0.39 is 0 Å². The van der Waals surface area contributed by atoms with Crippen LogP contribution in [0.3, 0.4) is 0 Å². The number of ketones is 1. The zero-order chi connectivity index (χ0) is 11.8. The minimum atomic E-state index is 0.281. The molecule has 17 heavy (non-hydrogen) atoms. The lowest BCUT2D eigenvalue weighted by Crippen LogP contribution is -2.35. The number of fused-ring (bicyclic) bond motifs is 1. The third-order valence-electron chi connectivity index (χ3n) is 4.20. The van der Waals surface area contributed by atoms with Gasteiger partial charge in [0.25, 0.3) is 0 Å². The molecular formula is C15H19NO. The van der Waals surface area contributed by atoms with Crippen LogP contribution < -0.4 is 4.90 Å². The Morgan fingerprint density at radius 3 is 2.94 bits per heavy atom. The lowest BCUT2D eigenvalue weighted by atomic mass is 10.1. The maximum absolute atomic E-state index is 11.8. The Labute approximate surface area is 103 Å². The second-order valence-corrected chi connectivity index (χ2v) is 5.39. The van der Waals surface area contributed by atoms with Crippen molar-refractivity contribution in [1.82, 2.24) is 0 Å². The van der Waals surface area contributed by atoms with Gasteiger partial charge in [0.05, 0.1) is 0 Å². The molecular weight excluding hydrogens is 210 g/mol. The Balaban J connectivity index is 1.81. The number of para-hydroxylation sites is 1. The van der Waals surface area contributed by atoms with Gasteiger partial charge in [-0.2, -0.15) is 0 Å². The first-order chi connectivity index (χ1) is 8.25. The summed E-state index contributed by atoms with van der Waals surface area (Å²) in [6.45, 7) is 3.19. The summed E-state index contributed by atoms with van der Waals surface area (Å²) in [5.74, 6) is 0.755. The maximum Gasteiger partial charge on any atom is 0.137 e. The maximum atomic E-state index is 11.8. The van der Waals surface area contributed by atoms with E-state index >= 15 is 0 Å². The van der Waals surface area contributed by atoms with Crippen LogP contribution in [0.25, 0.3) is 0 Å². The van der Waals surface area contributed by atoms with E-state index in [9.17, 15) is 4.79 Å². The summed E-state index contributed by atoms with van der Waals surface area (Å²) in [5, 5.41) is 0. The average molecular weight is 229 g/mol. The summed E-state index contributed by atoms with van der Waals surface area (Å²) in [6, 6.07) is 9.15. The van der Waals surface area contributed by atoms with Crippen molar-refractivity contribution >= 4 is 11.5 Å². The van der Waals surface area contributed by atoms with Gasteiger partial charge in [0, 0.05) is 30.6 Å². The highest BCUT2D eigenvalue weighted by molar-refractivity contribution is 5.83. The van der Waals surface area contributed by atoms with Gasteiger partial charge in [-0.3, -0.25) is 4.79 Å². The van der Waals surface area contributed by atoms with Crippen LogP contribution in [-0.4, -0.2) is 18.4 Å². The third-order valence-corrected chi connectivity index (χ3v) is 4.20. The number of rotatable bonds is 2. The van der Waals surface area contributed by atoms with Crippen molar-refractivity contribution in [3.8, 4) is 0 Å². The number of carbonyl (C=O) groups is 1. The molecule has 2 nitrogen and oxygen atoms in total. The molecule has 2 heteroatoms. The molecule has 3 rings (SSSR count). The molecule has 0 aromatic heterocycles. The molecule has 0 spiro atoms. The van der Waals surface area contributed by atoms with Crippen molar-refractivity contribution in [3.63, 3.8) is 0 Å². The van der Waals surface area contributed by atoms with Crippen LogP contribution in [0.2, 0.25) is 0 Å². The van der Waals surface area contributed by atoms with Crippen LogP contribution in [0.4, 0.5) is 5.69 Å². The average Bonchev–Trinajstić information content (AvgIpc) is 2.85. The molecule has 1 aliphatic carbocycles. The lowest BCUT2D eigenvalue weighted by molar-refractivity contribution is -0.120. The van der Waals surface area contributed by atoms with E-state index in [0.29, 0.717) is 11.8 Å². The number of Topliss-reactive ketones (excluding diaryl/α,β-unsaturated/α-hetero) is 1. The predicted octanol–water partition coefficient (Wildman–Crippen LogP) is 2.81. The van der Waals surface area contributed by atoms with Crippen molar-refractivity contribution in [1.29, 1.82) is 0 Å². The summed E-state index contributed by atoms with van der Waals surface area (Å²) in [4.78, 5) is 14.2. The molecule has 1 aromatic carbocycles. The van der Waals surface area contributed by atoms with Gasteiger partial charge < -0.3 is 4.90 Å². The van der Waals surface area contributed by atoms with Crippen molar-refractivity contribution in [2.24, 2.45) is 5.92 Å². The van der Waals surface area contributed by atoms with E-state index in [2.05, 4.69) is 36.1 Å². The van der Waals surface area contributed by atoms with E-state index in [1.807, 2.05) is 0 Å². The molecule has 2 aliphatic rings. The smallest absolute Gasteiger partial charge is 0.137 e. The summed E-state index contributed by atoms with van der Waals surface area (Å²) >= 11 is 0. The predicted molar refractivity (Wildman–Crippen MR) is 69.3 cm³/mol.